The summed E-state index contributed by atoms with van der Waals surface area (Å²) in [5.41, 5.74) is 0.648. The highest BCUT2D eigenvalue weighted by atomic mass is 19.1. The highest BCUT2D eigenvalue weighted by molar-refractivity contribution is 5.96. The Morgan fingerprint density at radius 3 is 2.29 bits per heavy atom. The Labute approximate surface area is 164 Å². The predicted molar refractivity (Wildman–Crippen MR) is 104 cm³/mol. The van der Waals surface area contributed by atoms with Gasteiger partial charge in [0.25, 0.3) is 0 Å². The van der Waals surface area contributed by atoms with Gasteiger partial charge in [-0.3, -0.25) is 4.79 Å². The van der Waals surface area contributed by atoms with Gasteiger partial charge < -0.3 is 20.1 Å². The van der Waals surface area contributed by atoms with E-state index in [4.69, 9.17) is 9.47 Å². The van der Waals surface area contributed by atoms with Gasteiger partial charge in [0.2, 0.25) is 5.91 Å². The number of hydrogen-bond donors (Lipinski definition) is 2. The number of nitrogens with one attached hydrogen (secondary N) is 2. The number of ether oxygens (including phenoxy) is 2. The molecule has 2 aromatic rings. The van der Waals surface area contributed by atoms with E-state index in [9.17, 15) is 14.0 Å². The van der Waals surface area contributed by atoms with E-state index in [1.165, 1.54) is 24.3 Å². The first-order chi connectivity index (χ1) is 13.2. The standard InChI is InChI=1S/C21H25FN2O4/c1-21(2,3)28-20(26)24-18(14-27-13-15-7-5-4-6-8-15)19(25)23-17-11-9-16(22)10-12-17/h4-12,18H,13-14H2,1-3H3,(H,23,25)(H,24,26)/t18-/m0/s1. The molecule has 6 nitrogen and oxygen atoms in total. The molecular formula is C21H25FN2O4. The van der Waals surface area contributed by atoms with Crippen molar-refractivity contribution in [3.63, 3.8) is 0 Å². The summed E-state index contributed by atoms with van der Waals surface area (Å²) in [6.45, 7) is 5.42. The van der Waals surface area contributed by atoms with E-state index in [2.05, 4.69) is 10.6 Å². The molecule has 0 heterocycles. The van der Waals surface area contributed by atoms with Crippen molar-refractivity contribution in [2.24, 2.45) is 0 Å². The van der Waals surface area contributed by atoms with Crippen molar-refractivity contribution in [2.45, 2.75) is 39.0 Å². The fourth-order valence-corrected chi connectivity index (χ4v) is 2.26. The largest absolute Gasteiger partial charge is 0.444 e. The van der Waals surface area contributed by atoms with E-state index in [-0.39, 0.29) is 13.2 Å². The van der Waals surface area contributed by atoms with Crippen molar-refractivity contribution in [2.75, 3.05) is 11.9 Å². The minimum absolute atomic E-state index is 0.0544. The predicted octanol–water partition coefficient (Wildman–Crippen LogP) is 3.87. The highest BCUT2D eigenvalue weighted by Gasteiger charge is 2.25. The van der Waals surface area contributed by atoms with Crippen LogP contribution in [0.3, 0.4) is 0 Å². The van der Waals surface area contributed by atoms with Gasteiger partial charge >= 0.3 is 6.09 Å². The number of alkyl carbamates (subject to hydrolysis) is 1. The zero-order valence-electron chi connectivity index (χ0n) is 16.2. The Morgan fingerprint density at radius 1 is 1.04 bits per heavy atom. The summed E-state index contributed by atoms with van der Waals surface area (Å²) < 4.78 is 23.8. The van der Waals surface area contributed by atoms with Crippen molar-refractivity contribution >= 4 is 17.7 Å². The number of hydrogen-bond acceptors (Lipinski definition) is 4. The Balaban J connectivity index is 2.00. The van der Waals surface area contributed by atoms with Crippen LogP contribution in [0.15, 0.2) is 54.6 Å². The van der Waals surface area contributed by atoms with Crippen LogP contribution in [0.25, 0.3) is 0 Å². The van der Waals surface area contributed by atoms with Gasteiger partial charge in [-0.25, -0.2) is 9.18 Å². The normalized spacial score (nSPS) is 12.1. The molecular weight excluding hydrogens is 363 g/mol. The van der Waals surface area contributed by atoms with Crippen LogP contribution >= 0.6 is 0 Å². The van der Waals surface area contributed by atoms with Gasteiger partial charge in [0, 0.05) is 5.69 Å². The van der Waals surface area contributed by atoms with Crippen LogP contribution in [0.5, 0.6) is 0 Å². The fraction of sp³-hybridized carbons (Fsp3) is 0.333. The SMILES string of the molecule is CC(C)(C)OC(=O)N[C@@H](COCc1ccccc1)C(=O)Nc1ccc(F)cc1. The molecule has 2 rings (SSSR count). The molecule has 0 aromatic heterocycles. The first kappa shape index (κ1) is 21.4. The zero-order chi connectivity index (χ0) is 20.6. The number of benzene rings is 2. The van der Waals surface area contributed by atoms with Gasteiger partial charge in [-0.05, 0) is 50.6 Å². The Kier molecular flexibility index (Phi) is 7.52. The van der Waals surface area contributed by atoms with E-state index in [1.54, 1.807) is 20.8 Å². The molecule has 0 spiro atoms. The summed E-state index contributed by atoms with van der Waals surface area (Å²) in [5, 5.41) is 5.15. The molecule has 0 aliphatic heterocycles. The molecule has 0 bridgehead atoms. The lowest BCUT2D eigenvalue weighted by molar-refractivity contribution is -0.119. The highest BCUT2D eigenvalue weighted by Crippen LogP contribution is 2.10. The molecule has 2 N–H and O–H groups in total. The number of halogens is 1. The third kappa shape index (κ3) is 7.75. The lowest BCUT2D eigenvalue weighted by Gasteiger charge is -2.23. The average Bonchev–Trinajstić information content (AvgIpc) is 2.62. The van der Waals surface area contributed by atoms with E-state index in [0.29, 0.717) is 5.69 Å². The summed E-state index contributed by atoms with van der Waals surface area (Å²) in [6, 6.07) is 13.8. The second-order valence-corrected chi connectivity index (χ2v) is 7.20. The van der Waals surface area contributed by atoms with E-state index >= 15 is 0 Å². The first-order valence-electron chi connectivity index (χ1n) is 8.90. The molecule has 7 heteroatoms. The monoisotopic (exact) mass is 388 g/mol. The molecule has 28 heavy (non-hydrogen) atoms. The van der Waals surface area contributed by atoms with Crippen molar-refractivity contribution in [1.29, 1.82) is 0 Å². The maximum Gasteiger partial charge on any atom is 0.408 e. The van der Waals surface area contributed by atoms with Gasteiger partial charge in [-0.2, -0.15) is 0 Å². The number of carbonyl (C=O) groups is 2. The number of anilines is 1. The van der Waals surface area contributed by atoms with Crippen molar-refractivity contribution < 1.29 is 23.5 Å². The van der Waals surface area contributed by atoms with Gasteiger partial charge in [0.15, 0.2) is 0 Å². The third-order valence-electron chi connectivity index (χ3n) is 3.52. The Morgan fingerprint density at radius 2 is 1.68 bits per heavy atom. The van der Waals surface area contributed by atoms with Gasteiger partial charge in [-0.1, -0.05) is 30.3 Å². The van der Waals surface area contributed by atoms with Crippen LogP contribution in [0.4, 0.5) is 14.9 Å². The van der Waals surface area contributed by atoms with E-state index in [0.717, 1.165) is 5.56 Å². The maximum absolute atomic E-state index is 13.0. The van der Waals surface area contributed by atoms with Crippen LogP contribution in [-0.4, -0.2) is 30.3 Å². The maximum atomic E-state index is 13.0. The lowest BCUT2D eigenvalue weighted by atomic mass is 10.2. The molecule has 0 unspecified atom stereocenters. The van der Waals surface area contributed by atoms with Crippen LogP contribution in [0.2, 0.25) is 0 Å². The van der Waals surface area contributed by atoms with Gasteiger partial charge in [-0.15, -0.1) is 0 Å². The van der Waals surface area contributed by atoms with Crippen LogP contribution in [0, 0.1) is 5.82 Å². The second kappa shape index (κ2) is 9.85. The van der Waals surface area contributed by atoms with Crippen LogP contribution in [0.1, 0.15) is 26.3 Å². The summed E-state index contributed by atoms with van der Waals surface area (Å²) in [5.74, 6) is -0.904. The lowest BCUT2D eigenvalue weighted by Crippen LogP contribution is -2.48. The topological polar surface area (TPSA) is 76.7 Å². The minimum Gasteiger partial charge on any atom is -0.444 e. The molecule has 150 valence electrons. The number of amides is 2. The van der Waals surface area contributed by atoms with Crippen molar-refractivity contribution in [3.8, 4) is 0 Å². The minimum atomic E-state index is -0.983. The van der Waals surface area contributed by atoms with Crippen molar-refractivity contribution in [3.05, 3.63) is 66.0 Å². The van der Waals surface area contributed by atoms with Crippen LogP contribution < -0.4 is 10.6 Å². The molecule has 0 aliphatic carbocycles. The average molecular weight is 388 g/mol. The Bertz CT molecular complexity index is 773. The fourth-order valence-electron chi connectivity index (χ4n) is 2.26. The molecule has 0 radical (unpaired) electrons. The molecule has 2 amide bonds. The zero-order valence-corrected chi connectivity index (χ0v) is 16.2. The van der Waals surface area contributed by atoms with Gasteiger partial charge in [0.1, 0.15) is 17.5 Å². The molecule has 2 aromatic carbocycles. The third-order valence-corrected chi connectivity index (χ3v) is 3.52. The van der Waals surface area contributed by atoms with Gasteiger partial charge in [0.05, 0.1) is 13.2 Å². The molecule has 0 fully saturated rings. The van der Waals surface area contributed by atoms with Crippen LogP contribution in [-0.2, 0) is 20.9 Å². The molecule has 1 atom stereocenters. The smallest absolute Gasteiger partial charge is 0.408 e. The van der Waals surface area contributed by atoms with E-state index < -0.39 is 29.5 Å². The molecule has 0 saturated heterocycles. The van der Waals surface area contributed by atoms with Crippen molar-refractivity contribution in [1.82, 2.24) is 5.32 Å². The second-order valence-electron chi connectivity index (χ2n) is 7.20. The first-order valence-corrected chi connectivity index (χ1v) is 8.90. The number of rotatable bonds is 7. The Hall–Kier alpha value is -2.93. The molecule has 0 aliphatic rings. The summed E-state index contributed by atoms with van der Waals surface area (Å²) in [4.78, 5) is 24.7. The molecule has 0 saturated carbocycles. The summed E-state index contributed by atoms with van der Waals surface area (Å²) in [6.07, 6.45) is -0.727. The summed E-state index contributed by atoms with van der Waals surface area (Å²) in [7, 11) is 0. The quantitative estimate of drug-likeness (QED) is 0.755. The number of carbonyl (C=O) groups excluding carboxylic acids is 2. The summed E-state index contributed by atoms with van der Waals surface area (Å²) >= 11 is 0. The van der Waals surface area contributed by atoms with E-state index in [1.807, 2.05) is 30.3 Å².